The molecule has 1 unspecified atom stereocenters. The van der Waals surface area contributed by atoms with Crippen LogP contribution in [0.1, 0.15) is 34.6 Å². The summed E-state index contributed by atoms with van der Waals surface area (Å²) < 4.78 is 18.9. The van der Waals surface area contributed by atoms with Gasteiger partial charge < -0.3 is 15.0 Å². The van der Waals surface area contributed by atoms with Crippen molar-refractivity contribution in [3.8, 4) is 5.75 Å². The third-order valence-electron chi connectivity index (χ3n) is 4.56. The smallest absolute Gasteiger partial charge is 0.263 e. The van der Waals surface area contributed by atoms with E-state index in [-0.39, 0.29) is 30.2 Å². The van der Waals surface area contributed by atoms with E-state index < -0.39 is 5.82 Å². The summed E-state index contributed by atoms with van der Waals surface area (Å²) in [5.74, 6) is -0.695. The van der Waals surface area contributed by atoms with Crippen LogP contribution >= 0.6 is 11.3 Å². The lowest BCUT2D eigenvalue weighted by Crippen LogP contribution is -2.38. The molecule has 1 atom stereocenters. The van der Waals surface area contributed by atoms with E-state index in [9.17, 15) is 14.0 Å². The molecular weight excluding hydrogens is 369 g/mol. The standard InChI is InChI=1S/C19H22FN3O3S/c1-13-18(27-12-21-13)19(25)22-14-5-4-9-23(10-8-14)17(24)11-26-16-7-3-2-6-15(16)20/h2-3,6-7,12,14H,4-5,8-11H2,1H3,(H,22,25). The molecule has 6 nitrogen and oxygen atoms in total. The van der Waals surface area contributed by atoms with E-state index in [0.717, 1.165) is 18.5 Å². The van der Waals surface area contributed by atoms with Gasteiger partial charge in [0.1, 0.15) is 4.88 Å². The zero-order chi connectivity index (χ0) is 19.2. The molecule has 27 heavy (non-hydrogen) atoms. The van der Waals surface area contributed by atoms with E-state index in [1.54, 1.807) is 22.5 Å². The van der Waals surface area contributed by atoms with Gasteiger partial charge in [-0.25, -0.2) is 9.37 Å². The van der Waals surface area contributed by atoms with Crippen LogP contribution in [0.15, 0.2) is 29.8 Å². The number of thiazole rings is 1. The number of carbonyl (C=O) groups excluding carboxylic acids is 2. The van der Waals surface area contributed by atoms with Gasteiger partial charge in [0.15, 0.2) is 18.2 Å². The number of likely N-dealkylation sites (tertiary alicyclic amines) is 1. The number of amides is 2. The lowest BCUT2D eigenvalue weighted by Gasteiger charge is -2.21. The van der Waals surface area contributed by atoms with Crippen LogP contribution in [0, 0.1) is 12.7 Å². The number of nitrogens with one attached hydrogen (secondary N) is 1. The van der Waals surface area contributed by atoms with Gasteiger partial charge >= 0.3 is 0 Å². The Kier molecular flexibility index (Phi) is 6.39. The number of hydrogen-bond donors (Lipinski definition) is 1. The molecule has 1 saturated heterocycles. The minimum absolute atomic E-state index is 0.0179. The lowest BCUT2D eigenvalue weighted by molar-refractivity contribution is -0.133. The molecule has 144 valence electrons. The second-order valence-corrected chi connectivity index (χ2v) is 7.32. The van der Waals surface area contributed by atoms with Crippen LogP contribution in [0.25, 0.3) is 0 Å². The summed E-state index contributed by atoms with van der Waals surface area (Å²) in [4.78, 5) is 31.2. The molecule has 3 rings (SSSR count). The monoisotopic (exact) mass is 391 g/mol. The number of hydrogen-bond acceptors (Lipinski definition) is 5. The summed E-state index contributed by atoms with van der Waals surface area (Å²) in [6.45, 7) is 2.75. The Balaban J connectivity index is 1.49. The van der Waals surface area contributed by atoms with Crippen molar-refractivity contribution in [2.24, 2.45) is 0 Å². The van der Waals surface area contributed by atoms with Crippen LogP contribution in [0.2, 0.25) is 0 Å². The van der Waals surface area contributed by atoms with Crippen molar-refractivity contribution in [1.82, 2.24) is 15.2 Å². The molecule has 0 bridgehead atoms. The molecule has 1 aliphatic heterocycles. The van der Waals surface area contributed by atoms with Crippen molar-refractivity contribution in [3.05, 3.63) is 46.2 Å². The van der Waals surface area contributed by atoms with Crippen molar-refractivity contribution >= 4 is 23.2 Å². The van der Waals surface area contributed by atoms with Gasteiger partial charge in [0, 0.05) is 19.1 Å². The normalized spacial score (nSPS) is 17.3. The number of benzene rings is 1. The van der Waals surface area contributed by atoms with Crippen molar-refractivity contribution < 1.29 is 18.7 Å². The molecule has 2 heterocycles. The van der Waals surface area contributed by atoms with Gasteiger partial charge in [-0.2, -0.15) is 0 Å². The SMILES string of the molecule is Cc1ncsc1C(=O)NC1CCCN(C(=O)COc2ccccc2F)CC1. The maximum absolute atomic E-state index is 13.6. The van der Waals surface area contributed by atoms with Crippen molar-refractivity contribution in [1.29, 1.82) is 0 Å². The van der Waals surface area contributed by atoms with E-state index in [4.69, 9.17) is 4.74 Å². The first-order chi connectivity index (χ1) is 13.0. The molecule has 1 aromatic carbocycles. The third-order valence-corrected chi connectivity index (χ3v) is 5.48. The number of nitrogens with zero attached hydrogens (tertiary/aromatic N) is 2. The molecule has 2 aromatic rings. The summed E-state index contributed by atoms with van der Waals surface area (Å²) in [7, 11) is 0. The quantitative estimate of drug-likeness (QED) is 0.851. The highest BCUT2D eigenvalue weighted by Crippen LogP contribution is 2.17. The van der Waals surface area contributed by atoms with Crippen LogP contribution in [0.3, 0.4) is 0 Å². The van der Waals surface area contributed by atoms with Crippen LogP contribution in [-0.4, -0.2) is 47.4 Å². The number of aromatic nitrogens is 1. The molecule has 1 aromatic heterocycles. The Bertz CT molecular complexity index is 811. The first-order valence-electron chi connectivity index (χ1n) is 8.90. The number of halogens is 1. The Morgan fingerprint density at radius 3 is 2.89 bits per heavy atom. The molecular formula is C19H22FN3O3S. The van der Waals surface area contributed by atoms with Crippen LogP contribution in [0.4, 0.5) is 4.39 Å². The van der Waals surface area contributed by atoms with Crippen LogP contribution in [-0.2, 0) is 4.79 Å². The number of rotatable bonds is 5. The molecule has 8 heteroatoms. The fraction of sp³-hybridized carbons (Fsp3) is 0.421. The second kappa shape index (κ2) is 8.94. The number of carbonyl (C=O) groups is 2. The van der Waals surface area contributed by atoms with E-state index in [1.165, 1.54) is 23.5 Å². The zero-order valence-electron chi connectivity index (χ0n) is 15.1. The predicted molar refractivity (Wildman–Crippen MR) is 100 cm³/mol. The summed E-state index contributed by atoms with van der Waals surface area (Å²) in [6.07, 6.45) is 2.27. The summed E-state index contributed by atoms with van der Waals surface area (Å²) >= 11 is 1.33. The zero-order valence-corrected chi connectivity index (χ0v) is 15.9. The molecule has 1 fully saturated rings. The summed E-state index contributed by atoms with van der Waals surface area (Å²) in [5.41, 5.74) is 2.39. The first kappa shape index (κ1) is 19.3. The molecule has 1 N–H and O–H groups in total. The van der Waals surface area contributed by atoms with Crippen LogP contribution < -0.4 is 10.1 Å². The molecule has 0 radical (unpaired) electrons. The average molecular weight is 391 g/mol. The summed E-state index contributed by atoms with van der Waals surface area (Å²) in [6, 6.07) is 6.04. The third kappa shape index (κ3) is 5.03. The van der Waals surface area contributed by atoms with Crippen molar-refractivity contribution in [2.75, 3.05) is 19.7 Å². The average Bonchev–Trinajstić information content (AvgIpc) is 2.95. The van der Waals surface area contributed by atoms with E-state index in [0.29, 0.717) is 24.4 Å². The largest absolute Gasteiger partial charge is 0.481 e. The predicted octanol–water partition coefficient (Wildman–Crippen LogP) is 2.78. The topological polar surface area (TPSA) is 71.5 Å². The highest BCUT2D eigenvalue weighted by atomic mass is 32.1. The fourth-order valence-corrected chi connectivity index (χ4v) is 3.76. The molecule has 1 aliphatic rings. The van der Waals surface area contributed by atoms with E-state index >= 15 is 0 Å². The molecule has 0 saturated carbocycles. The minimum Gasteiger partial charge on any atom is -0.481 e. The molecule has 0 aliphatic carbocycles. The minimum atomic E-state index is -0.484. The second-order valence-electron chi connectivity index (χ2n) is 6.47. The van der Waals surface area contributed by atoms with Gasteiger partial charge in [-0.1, -0.05) is 12.1 Å². The van der Waals surface area contributed by atoms with Gasteiger partial charge in [0.25, 0.3) is 11.8 Å². The number of para-hydroxylation sites is 1. The van der Waals surface area contributed by atoms with Gasteiger partial charge in [0.2, 0.25) is 0 Å². The molecule has 2 amide bonds. The highest BCUT2D eigenvalue weighted by Gasteiger charge is 2.23. The van der Waals surface area contributed by atoms with Crippen molar-refractivity contribution in [3.63, 3.8) is 0 Å². The summed E-state index contributed by atoms with van der Waals surface area (Å²) in [5, 5.41) is 3.04. The Hall–Kier alpha value is -2.48. The van der Waals surface area contributed by atoms with Gasteiger partial charge in [-0.15, -0.1) is 11.3 Å². The maximum atomic E-state index is 13.6. The fourth-order valence-electron chi connectivity index (χ4n) is 3.05. The lowest BCUT2D eigenvalue weighted by atomic mass is 10.1. The number of aryl methyl sites for hydroxylation is 1. The van der Waals surface area contributed by atoms with E-state index in [1.807, 2.05) is 6.92 Å². The van der Waals surface area contributed by atoms with Gasteiger partial charge in [0.05, 0.1) is 11.2 Å². The van der Waals surface area contributed by atoms with Crippen molar-refractivity contribution in [2.45, 2.75) is 32.2 Å². The number of ether oxygens (including phenoxy) is 1. The Morgan fingerprint density at radius 1 is 1.33 bits per heavy atom. The van der Waals surface area contributed by atoms with Crippen LogP contribution in [0.5, 0.6) is 5.75 Å². The van der Waals surface area contributed by atoms with E-state index in [2.05, 4.69) is 10.3 Å². The highest BCUT2D eigenvalue weighted by molar-refractivity contribution is 7.11. The molecule has 0 spiro atoms. The van der Waals surface area contributed by atoms with Gasteiger partial charge in [-0.05, 0) is 38.3 Å². The Labute approximate surface area is 161 Å². The Morgan fingerprint density at radius 2 is 2.15 bits per heavy atom. The first-order valence-corrected chi connectivity index (χ1v) is 9.78. The van der Waals surface area contributed by atoms with Gasteiger partial charge in [-0.3, -0.25) is 9.59 Å². The maximum Gasteiger partial charge on any atom is 0.263 e.